The second-order valence-corrected chi connectivity index (χ2v) is 6.74. The molecule has 1 amide bonds. The van der Waals surface area contributed by atoms with E-state index in [1.54, 1.807) is 0 Å². The minimum Gasteiger partial charge on any atom is -0.358 e. The lowest BCUT2D eigenvalue weighted by molar-refractivity contribution is -0.129. The molecular formula is C21H22N2O. The average Bonchev–Trinajstić information content (AvgIpc) is 3.23. The van der Waals surface area contributed by atoms with Crippen molar-refractivity contribution >= 4 is 16.8 Å². The van der Waals surface area contributed by atoms with Gasteiger partial charge in [-0.3, -0.25) is 4.79 Å². The summed E-state index contributed by atoms with van der Waals surface area (Å²) >= 11 is 0. The van der Waals surface area contributed by atoms with Gasteiger partial charge in [0.25, 0.3) is 0 Å². The number of carbonyl (C=O) groups excluding carboxylic acids is 1. The lowest BCUT2D eigenvalue weighted by Crippen LogP contribution is -2.30. The van der Waals surface area contributed by atoms with Crippen LogP contribution in [0.3, 0.4) is 0 Å². The Kier molecular flexibility index (Phi) is 3.85. The number of benzene rings is 2. The van der Waals surface area contributed by atoms with Gasteiger partial charge in [-0.1, -0.05) is 42.5 Å². The van der Waals surface area contributed by atoms with E-state index in [4.69, 9.17) is 0 Å². The molecule has 1 unspecified atom stereocenters. The Hall–Kier alpha value is -2.55. The van der Waals surface area contributed by atoms with Gasteiger partial charge in [0, 0.05) is 30.2 Å². The van der Waals surface area contributed by atoms with E-state index in [-0.39, 0.29) is 5.91 Å². The van der Waals surface area contributed by atoms with Crippen molar-refractivity contribution in [2.24, 2.45) is 0 Å². The van der Waals surface area contributed by atoms with Gasteiger partial charge in [-0.25, -0.2) is 0 Å². The number of hydrogen-bond acceptors (Lipinski definition) is 1. The Bertz CT molecular complexity index is 847. The maximum atomic E-state index is 12.6. The summed E-state index contributed by atoms with van der Waals surface area (Å²) in [5.74, 6) is 0.654. The number of rotatable bonds is 3. The van der Waals surface area contributed by atoms with E-state index in [1.165, 1.54) is 22.2 Å². The van der Waals surface area contributed by atoms with E-state index in [9.17, 15) is 4.79 Å². The van der Waals surface area contributed by atoms with Crippen molar-refractivity contribution in [2.45, 2.75) is 25.7 Å². The minimum absolute atomic E-state index is 0.239. The lowest BCUT2D eigenvalue weighted by atomic mass is 10.0. The second-order valence-electron chi connectivity index (χ2n) is 6.74. The van der Waals surface area contributed by atoms with E-state index in [0.717, 1.165) is 25.1 Å². The first-order valence-corrected chi connectivity index (χ1v) is 8.60. The molecule has 1 fully saturated rings. The summed E-state index contributed by atoms with van der Waals surface area (Å²) < 4.78 is 0. The van der Waals surface area contributed by atoms with Crippen molar-refractivity contribution in [3.63, 3.8) is 0 Å². The third-order valence-electron chi connectivity index (χ3n) is 5.13. The molecular weight excluding hydrogens is 296 g/mol. The van der Waals surface area contributed by atoms with Gasteiger partial charge in [0.05, 0.1) is 6.42 Å². The van der Waals surface area contributed by atoms with Crippen molar-refractivity contribution in [2.75, 3.05) is 13.1 Å². The third kappa shape index (κ3) is 2.82. The minimum atomic E-state index is 0.239. The lowest BCUT2D eigenvalue weighted by Gasteiger charge is -2.17. The van der Waals surface area contributed by atoms with Crippen LogP contribution in [0.25, 0.3) is 10.9 Å². The fraction of sp³-hybridized carbons (Fsp3) is 0.286. The fourth-order valence-electron chi connectivity index (χ4n) is 3.64. The number of nitrogens with one attached hydrogen (secondary N) is 1. The number of H-pyrrole nitrogens is 1. The van der Waals surface area contributed by atoms with E-state index >= 15 is 0 Å². The summed E-state index contributed by atoms with van der Waals surface area (Å²) in [6, 6.07) is 18.7. The Labute approximate surface area is 142 Å². The first kappa shape index (κ1) is 15.0. The van der Waals surface area contributed by atoms with E-state index in [0.29, 0.717) is 12.3 Å². The Morgan fingerprint density at radius 1 is 1.17 bits per heavy atom. The van der Waals surface area contributed by atoms with Gasteiger partial charge in [-0.05, 0) is 42.0 Å². The molecule has 0 spiro atoms. The third-order valence-corrected chi connectivity index (χ3v) is 5.13. The van der Waals surface area contributed by atoms with Gasteiger partial charge < -0.3 is 9.88 Å². The standard InChI is InChI=1S/C21H22N2O/c1-15-6-2-3-7-16(15)13-21(24)23-11-10-18(14-23)20-12-17-8-4-5-9-19(17)22-20/h2-9,12,18,22H,10-11,13-14H2,1H3. The molecule has 3 nitrogen and oxygen atoms in total. The number of hydrogen-bond donors (Lipinski definition) is 1. The van der Waals surface area contributed by atoms with Crippen LogP contribution in [-0.4, -0.2) is 28.9 Å². The predicted octanol–water partition coefficient (Wildman–Crippen LogP) is 4.03. The zero-order valence-electron chi connectivity index (χ0n) is 14.0. The van der Waals surface area contributed by atoms with Crippen molar-refractivity contribution in [3.05, 3.63) is 71.4 Å². The number of likely N-dealkylation sites (tertiary alicyclic amines) is 1. The van der Waals surface area contributed by atoms with Gasteiger partial charge in [-0.2, -0.15) is 0 Å². The fourth-order valence-corrected chi connectivity index (χ4v) is 3.64. The Morgan fingerprint density at radius 3 is 2.79 bits per heavy atom. The highest BCUT2D eigenvalue weighted by Crippen LogP contribution is 2.29. The van der Waals surface area contributed by atoms with Crippen LogP contribution in [0, 0.1) is 6.92 Å². The molecule has 1 aromatic heterocycles. The Morgan fingerprint density at radius 2 is 1.96 bits per heavy atom. The largest absolute Gasteiger partial charge is 0.358 e. The van der Waals surface area contributed by atoms with Gasteiger partial charge in [0.2, 0.25) is 5.91 Å². The molecule has 0 radical (unpaired) electrons. The average molecular weight is 318 g/mol. The molecule has 2 heterocycles. The zero-order chi connectivity index (χ0) is 16.5. The van der Waals surface area contributed by atoms with E-state index in [2.05, 4.69) is 54.4 Å². The summed E-state index contributed by atoms with van der Waals surface area (Å²) in [5.41, 5.74) is 4.76. The molecule has 1 N–H and O–H groups in total. The summed E-state index contributed by atoms with van der Waals surface area (Å²) in [6.07, 6.45) is 1.54. The first-order chi connectivity index (χ1) is 11.7. The van der Waals surface area contributed by atoms with Crippen LogP contribution in [0.2, 0.25) is 0 Å². The van der Waals surface area contributed by atoms with Crippen LogP contribution in [0.5, 0.6) is 0 Å². The van der Waals surface area contributed by atoms with Gasteiger partial charge >= 0.3 is 0 Å². The normalized spacial score (nSPS) is 17.5. The predicted molar refractivity (Wildman–Crippen MR) is 97.1 cm³/mol. The molecule has 1 saturated heterocycles. The number of fused-ring (bicyclic) bond motifs is 1. The molecule has 3 heteroatoms. The highest BCUT2D eigenvalue weighted by Gasteiger charge is 2.28. The molecule has 24 heavy (non-hydrogen) atoms. The van der Waals surface area contributed by atoms with Crippen molar-refractivity contribution in [3.8, 4) is 0 Å². The van der Waals surface area contributed by atoms with E-state index < -0.39 is 0 Å². The number of aromatic amines is 1. The second kappa shape index (κ2) is 6.16. The van der Waals surface area contributed by atoms with E-state index in [1.807, 2.05) is 17.0 Å². The SMILES string of the molecule is Cc1ccccc1CC(=O)N1CCC(c2cc3ccccc3[nH]2)C1. The van der Waals surface area contributed by atoms with Crippen LogP contribution in [-0.2, 0) is 11.2 Å². The highest BCUT2D eigenvalue weighted by molar-refractivity contribution is 5.81. The van der Waals surface area contributed by atoms with Gasteiger partial charge in [-0.15, -0.1) is 0 Å². The quantitative estimate of drug-likeness (QED) is 0.777. The number of aryl methyl sites for hydroxylation is 1. The summed E-state index contributed by atoms with van der Waals surface area (Å²) in [7, 11) is 0. The zero-order valence-corrected chi connectivity index (χ0v) is 14.0. The maximum Gasteiger partial charge on any atom is 0.227 e. The Balaban J connectivity index is 1.46. The molecule has 122 valence electrons. The molecule has 0 saturated carbocycles. The number of aromatic nitrogens is 1. The summed E-state index contributed by atoms with van der Waals surface area (Å²) in [4.78, 5) is 18.2. The molecule has 4 rings (SSSR count). The van der Waals surface area contributed by atoms with Gasteiger partial charge in [0.15, 0.2) is 0 Å². The molecule has 1 aliphatic rings. The number of carbonyl (C=O) groups is 1. The topological polar surface area (TPSA) is 36.1 Å². The van der Waals surface area contributed by atoms with Crippen molar-refractivity contribution in [1.29, 1.82) is 0 Å². The van der Waals surface area contributed by atoms with Crippen molar-refractivity contribution < 1.29 is 4.79 Å². The molecule has 0 aliphatic carbocycles. The summed E-state index contributed by atoms with van der Waals surface area (Å²) in [5, 5.41) is 1.25. The van der Waals surface area contributed by atoms with Crippen LogP contribution >= 0.6 is 0 Å². The molecule has 1 atom stereocenters. The molecule has 0 bridgehead atoms. The van der Waals surface area contributed by atoms with Crippen LogP contribution in [0.15, 0.2) is 54.6 Å². The monoisotopic (exact) mass is 318 g/mol. The number of amides is 1. The van der Waals surface area contributed by atoms with Crippen molar-refractivity contribution in [1.82, 2.24) is 9.88 Å². The first-order valence-electron chi connectivity index (χ1n) is 8.60. The molecule has 3 aromatic rings. The van der Waals surface area contributed by atoms with Gasteiger partial charge in [0.1, 0.15) is 0 Å². The van der Waals surface area contributed by atoms with Crippen LogP contribution in [0.1, 0.15) is 29.2 Å². The molecule has 1 aliphatic heterocycles. The summed E-state index contributed by atoms with van der Waals surface area (Å²) in [6.45, 7) is 3.74. The number of nitrogens with zero attached hydrogens (tertiary/aromatic N) is 1. The number of para-hydroxylation sites is 1. The van der Waals surface area contributed by atoms with Crippen LogP contribution < -0.4 is 0 Å². The maximum absolute atomic E-state index is 12.6. The molecule has 2 aromatic carbocycles. The smallest absolute Gasteiger partial charge is 0.227 e. The van der Waals surface area contributed by atoms with Crippen LogP contribution in [0.4, 0.5) is 0 Å². The highest BCUT2D eigenvalue weighted by atomic mass is 16.2.